The van der Waals surface area contributed by atoms with Gasteiger partial charge in [-0.05, 0) is 31.9 Å². The molecule has 4 nitrogen and oxygen atoms in total. The van der Waals surface area contributed by atoms with Crippen LogP contribution in [0.15, 0.2) is 24.3 Å². The zero-order valence-corrected chi connectivity index (χ0v) is 9.32. The van der Waals surface area contributed by atoms with Crippen LogP contribution in [0.25, 0.3) is 0 Å². The average Bonchev–Trinajstić information content (AvgIpc) is 2.95. The highest BCUT2D eigenvalue weighted by molar-refractivity contribution is 5.79. The smallest absolute Gasteiger partial charge is 0.258 e. The number of anilines is 1. The minimum absolute atomic E-state index is 0.00265. The number of hydrogen-bond acceptors (Lipinski definition) is 3. The Labute approximate surface area is 94.8 Å². The van der Waals surface area contributed by atoms with Crippen molar-refractivity contribution in [1.82, 2.24) is 5.32 Å². The molecular formula is C12H16N2O2. The molecular weight excluding hydrogens is 204 g/mol. The second kappa shape index (κ2) is 4.04. The molecule has 0 aliphatic heterocycles. The molecule has 0 radical (unpaired) electrons. The Morgan fingerprint density at radius 2 is 2.19 bits per heavy atom. The van der Waals surface area contributed by atoms with Gasteiger partial charge in [-0.25, -0.2) is 0 Å². The molecule has 1 aromatic rings. The van der Waals surface area contributed by atoms with Gasteiger partial charge in [-0.15, -0.1) is 0 Å². The predicted octanol–water partition coefficient (Wildman–Crippen LogP) is 1.32. The number of carbonyl (C=O) groups is 1. The van der Waals surface area contributed by atoms with Gasteiger partial charge in [0.1, 0.15) is 5.75 Å². The highest BCUT2D eigenvalue weighted by Crippen LogP contribution is 2.34. The van der Waals surface area contributed by atoms with Gasteiger partial charge >= 0.3 is 0 Å². The summed E-state index contributed by atoms with van der Waals surface area (Å²) in [6.07, 6.45) is 2.10. The third kappa shape index (κ3) is 2.66. The number of carbonyl (C=O) groups excluding carboxylic acids is 1. The van der Waals surface area contributed by atoms with Crippen molar-refractivity contribution in [1.29, 1.82) is 0 Å². The lowest BCUT2D eigenvalue weighted by Crippen LogP contribution is -2.37. The van der Waals surface area contributed by atoms with Crippen LogP contribution in [0.1, 0.15) is 19.8 Å². The van der Waals surface area contributed by atoms with Crippen LogP contribution < -0.4 is 15.8 Å². The number of para-hydroxylation sites is 2. The van der Waals surface area contributed by atoms with Gasteiger partial charge in [0.15, 0.2) is 6.61 Å². The highest BCUT2D eigenvalue weighted by Gasteiger charge is 2.38. The molecule has 0 bridgehead atoms. The molecule has 0 aromatic heterocycles. The number of amides is 1. The van der Waals surface area contributed by atoms with Crippen LogP contribution in [-0.4, -0.2) is 18.1 Å². The molecule has 1 aliphatic carbocycles. The number of nitrogens with one attached hydrogen (secondary N) is 1. The molecule has 2 rings (SSSR count). The Balaban J connectivity index is 1.83. The molecule has 1 aromatic carbocycles. The van der Waals surface area contributed by atoms with Crippen LogP contribution in [0.2, 0.25) is 0 Å². The first-order valence-electron chi connectivity index (χ1n) is 5.37. The highest BCUT2D eigenvalue weighted by atomic mass is 16.5. The number of nitrogen functional groups attached to an aromatic ring is 1. The van der Waals surface area contributed by atoms with Crippen molar-refractivity contribution in [3.8, 4) is 5.75 Å². The molecule has 0 saturated heterocycles. The maximum atomic E-state index is 11.5. The lowest BCUT2D eigenvalue weighted by molar-refractivity contribution is -0.123. The summed E-state index contributed by atoms with van der Waals surface area (Å²) in [4.78, 5) is 11.5. The molecule has 4 heteroatoms. The molecule has 1 amide bonds. The first-order chi connectivity index (χ1) is 7.59. The van der Waals surface area contributed by atoms with Crippen LogP contribution in [0.4, 0.5) is 5.69 Å². The minimum Gasteiger partial charge on any atom is -0.482 e. The van der Waals surface area contributed by atoms with Crippen LogP contribution in [0.3, 0.4) is 0 Å². The summed E-state index contributed by atoms with van der Waals surface area (Å²) in [5.74, 6) is 0.460. The number of hydrogen-bond donors (Lipinski definition) is 2. The Hall–Kier alpha value is -1.71. The van der Waals surface area contributed by atoms with Crippen LogP contribution in [-0.2, 0) is 4.79 Å². The second-order valence-electron chi connectivity index (χ2n) is 4.44. The zero-order chi connectivity index (χ0) is 11.6. The van der Waals surface area contributed by atoms with E-state index in [1.807, 2.05) is 19.1 Å². The lowest BCUT2D eigenvalue weighted by Gasteiger charge is -2.12. The third-order valence-corrected chi connectivity index (χ3v) is 2.72. The van der Waals surface area contributed by atoms with Gasteiger partial charge in [0.05, 0.1) is 5.69 Å². The van der Waals surface area contributed by atoms with Crippen LogP contribution in [0, 0.1) is 0 Å². The fourth-order valence-corrected chi connectivity index (χ4v) is 1.44. The Morgan fingerprint density at radius 1 is 1.50 bits per heavy atom. The largest absolute Gasteiger partial charge is 0.482 e. The summed E-state index contributed by atoms with van der Waals surface area (Å²) in [5, 5.41) is 2.92. The first-order valence-corrected chi connectivity index (χ1v) is 5.37. The summed E-state index contributed by atoms with van der Waals surface area (Å²) < 4.78 is 5.34. The van der Waals surface area contributed by atoms with Crippen molar-refractivity contribution < 1.29 is 9.53 Å². The SMILES string of the molecule is CC1(NC(=O)COc2ccccc2N)CC1. The van der Waals surface area contributed by atoms with E-state index in [1.165, 1.54) is 0 Å². The van der Waals surface area contributed by atoms with E-state index in [1.54, 1.807) is 12.1 Å². The molecule has 0 heterocycles. The monoisotopic (exact) mass is 220 g/mol. The average molecular weight is 220 g/mol. The van der Waals surface area contributed by atoms with Crippen molar-refractivity contribution in [2.24, 2.45) is 0 Å². The third-order valence-electron chi connectivity index (χ3n) is 2.72. The Kier molecular flexibility index (Phi) is 2.73. The van der Waals surface area contributed by atoms with Crippen molar-refractivity contribution in [2.45, 2.75) is 25.3 Å². The van der Waals surface area contributed by atoms with E-state index in [-0.39, 0.29) is 18.1 Å². The predicted molar refractivity (Wildman–Crippen MR) is 62.1 cm³/mol. The topological polar surface area (TPSA) is 64.3 Å². The zero-order valence-electron chi connectivity index (χ0n) is 9.32. The van der Waals surface area contributed by atoms with Crippen molar-refractivity contribution in [3.63, 3.8) is 0 Å². The van der Waals surface area contributed by atoms with E-state index in [0.717, 1.165) is 12.8 Å². The van der Waals surface area contributed by atoms with Crippen LogP contribution in [0.5, 0.6) is 5.75 Å². The van der Waals surface area contributed by atoms with E-state index >= 15 is 0 Å². The fraction of sp³-hybridized carbons (Fsp3) is 0.417. The van der Waals surface area contributed by atoms with Crippen molar-refractivity contribution in [2.75, 3.05) is 12.3 Å². The molecule has 1 fully saturated rings. The summed E-state index contributed by atoms with van der Waals surface area (Å²) in [6, 6.07) is 7.15. The minimum atomic E-state index is -0.0942. The summed E-state index contributed by atoms with van der Waals surface area (Å²) >= 11 is 0. The van der Waals surface area contributed by atoms with E-state index in [2.05, 4.69) is 5.32 Å². The Morgan fingerprint density at radius 3 is 2.81 bits per heavy atom. The molecule has 86 valence electrons. The molecule has 0 spiro atoms. The summed E-state index contributed by atoms with van der Waals surface area (Å²) in [5.41, 5.74) is 6.24. The molecule has 0 atom stereocenters. The molecule has 0 unspecified atom stereocenters. The molecule has 1 aliphatic rings. The van der Waals surface area contributed by atoms with Gasteiger partial charge < -0.3 is 15.8 Å². The molecule has 3 N–H and O–H groups in total. The number of ether oxygens (including phenoxy) is 1. The van der Waals surface area contributed by atoms with Gasteiger partial charge in [-0.2, -0.15) is 0 Å². The standard InChI is InChI=1S/C12H16N2O2/c1-12(6-7-12)14-11(15)8-16-10-5-3-2-4-9(10)13/h2-5H,6-8,13H2,1H3,(H,14,15). The molecule has 1 saturated carbocycles. The number of rotatable bonds is 4. The number of benzene rings is 1. The van der Waals surface area contributed by atoms with Crippen LogP contribution >= 0.6 is 0 Å². The fourth-order valence-electron chi connectivity index (χ4n) is 1.44. The summed E-state index contributed by atoms with van der Waals surface area (Å²) in [7, 11) is 0. The van der Waals surface area contributed by atoms with E-state index in [9.17, 15) is 4.79 Å². The van der Waals surface area contributed by atoms with Crippen molar-refractivity contribution in [3.05, 3.63) is 24.3 Å². The normalized spacial score (nSPS) is 16.6. The van der Waals surface area contributed by atoms with Gasteiger partial charge in [0.25, 0.3) is 5.91 Å². The van der Waals surface area contributed by atoms with Crippen molar-refractivity contribution >= 4 is 11.6 Å². The van der Waals surface area contributed by atoms with E-state index in [0.29, 0.717) is 11.4 Å². The summed E-state index contributed by atoms with van der Waals surface area (Å²) in [6.45, 7) is 2.05. The van der Waals surface area contributed by atoms with Gasteiger partial charge in [-0.1, -0.05) is 12.1 Å². The number of nitrogens with two attached hydrogens (primary N) is 1. The van der Waals surface area contributed by atoms with E-state index in [4.69, 9.17) is 10.5 Å². The lowest BCUT2D eigenvalue weighted by atomic mass is 10.3. The molecule has 16 heavy (non-hydrogen) atoms. The Bertz CT molecular complexity index is 400. The van der Waals surface area contributed by atoms with Gasteiger partial charge in [0, 0.05) is 5.54 Å². The first kappa shape index (κ1) is 10.8. The van der Waals surface area contributed by atoms with E-state index < -0.39 is 0 Å². The van der Waals surface area contributed by atoms with Gasteiger partial charge in [0.2, 0.25) is 0 Å². The van der Waals surface area contributed by atoms with Gasteiger partial charge in [-0.3, -0.25) is 4.79 Å². The second-order valence-corrected chi connectivity index (χ2v) is 4.44. The maximum absolute atomic E-state index is 11.5. The maximum Gasteiger partial charge on any atom is 0.258 e. The quantitative estimate of drug-likeness (QED) is 0.752.